The summed E-state index contributed by atoms with van der Waals surface area (Å²) in [5, 5.41) is 13.8. The van der Waals surface area contributed by atoms with Gasteiger partial charge in [-0.25, -0.2) is 4.79 Å². The molecular formula is C19H20N4O. The molecule has 1 fully saturated rings. The van der Waals surface area contributed by atoms with Gasteiger partial charge in [0.2, 0.25) is 0 Å². The normalized spacial score (nSPS) is 15.7. The number of urea groups is 1. The lowest BCUT2D eigenvalue weighted by molar-refractivity contribution is 0.222. The summed E-state index contributed by atoms with van der Waals surface area (Å²) in [5.74, 6) is 0. The number of nitrogens with zero attached hydrogens (tertiary/aromatic N) is 1. The van der Waals surface area contributed by atoms with Crippen LogP contribution in [0.2, 0.25) is 0 Å². The van der Waals surface area contributed by atoms with Crippen LogP contribution in [-0.2, 0) is 5.41 Å². The van der Waals surface area contributed by atoms with Crippen LogP contribution in [-0.4, -0.2) is 22.8 Å². The Morgan fingerprint density at radius 3 is 2.75 bits per heavy atom. The van der Waals surface area contributed by atoms with Gasteiger partial charge in [-0.2, -0.15) is 5.10 Å². The third kappa shape index (κ3) is 2.73. The Morgan fingerprint density at radius 1 is 1.17 bits per heavy atom. The van der Waals surface area contributed by atoms with Gasteiger partial charge in [-0.1, -0.05) is 36.8 Å². The Balaban J connectivity index is 1.40. The Morgan fingerprint density at radius 2 is 2.00 bits per heavy atom. The van der Waals surface area contributed by atoms with Crippen molar-refractivity contribution < 1.29 is 4.79 Å². The Hall–Kier alpha value is -2.82. The highest BCUT2D eigenvalue weighted by Crippen LogP contribution is 2.43. The highest BCUT2D eigenvalue weighted by molar-refractivity contribution is 5.92. The van der Waals surface area contributed by atoms with E-state index in [1.165, 1.54) is 12.0 Å². The molecule has 5 heteroatoms. The van der Waals surface area contributed by atoms with E-state index in [-0.39, 0.29) is 11.4 Å². The highest BCUT2D eigenvalue weighted by atomic mass is 16.2. The predicted octanol–water partition coefficient (Wildman–Crippen LogP) is 3.81. The fourth-order valence-corrected chi connectivity index (χ4v) is 3.41. The van der Waals surface area contributed by atoms with Crippen LogP contribution in [0.15, 0.2) is 54.7 Å². The zero-order valence-electron chi connectivity index (χ0n) is 13.4. The van der Waals surface area contributed by atoms with Crippen LogP contribution in [0.4, 0.5) is 10.5 Å². The summed E-state index contributed by atoms with van der Waals surface area (Å²) < 4.78 is 0. The van der Waals surface area contributed by atoms with Crippen molar-refractivity contribution in [1.82, 2.24) is 15.5 Å². The van der Waals surface area contributed by atoms with Gasteiger partial charge in [0.05, 0.1) is 11.7 Å². The van der Waals surface area contributed by atoms with E-state index in [0.29, 0.717) is 6.54 Å². The number of nitrogens with one attached hydrogen (secondary N) is 3. The lowest BCUT2D eigenvalue weighted by atomic mass is 9.64. The van der Waals surface area contributed by atoms with Crippen molar-refractivity contribution in [3.05, 3.63) is 60.3 Å². The molecular weight excluding hydrogens is 300 g/mol. The van der Waals surface area contributed by atoms with E-state index in [9.17, 15) is 4.79 Å². The number of H-pyrrole nitrogens is 1. The van der Waals surface area contributed by atoms with E-state index in [0.717, 1.165) is 29.4 Å². The maximum atomic E-state index is 12.3. The van der Waals surface area contributed by atoms with Crippen LogP contribution in [0.3, 0.4) is 0 Å². The van der Waals surface area contributed by atoms with Crippen LogP contribution in [0.25, 0.3) is 10.9 Å². The fraction of sp³-hybridized carbons (Fsp3) is 0.263. The van der Waals surface area contributed by atoms with Crippen LogP contribution in [0, 0.1) is 0 Å². The molecule has 0 saturated heterocycles. The zero-order valence-corrected chi connectivity index (χ0v) is 13.4. The molecule has 4 rings (SSSR count). The van der Waals surface area contributed by atoms with Crippen LogP contribution in [0.5, 0.6) is 0 Å². The SMILES string of the molecule is O=C(NCC1(c2ccccc2)CCC1)Nc1ccc2[nH]ncc2c1. The third-order valence-electron chi connectivity index (χ3n) is 4.98. The second-order valence-electron chi connectivity index (χ2n) is 6.48. The monoisotopic (exact) mass is 320 g/mol. The molecule has 1 aliphatic rings. The van der Waals surface area contributed by atoms with Crippen LogP contribution < -0.4 is 10.6 Å². The first-order valence-corrected chi connectivity index (χ1v) is 8.29. The molecule has 0 bridgehead atoms. The largest absolute Gasteiger partial charge is 0.337 e. The van der Waals surface area contributed by atoms with E-state index in [4.69, 9.17) is 0 Å². The molecule has 122 valence electrons. The molecule has 0 radical (unpaired) electrons. The number of fused-ring (bicyclic) bond motifs is 1. The van der Waals surface area contributed by atoms with Crippen molar-refractivity contribution in [2.24, 2.45) is 0 Å². The summed E-state index contributed by atoms with van der Waals surface area (Å²) in [6.07, 6.45) is 5.21. The maximum Gasteiger partial charge on any atom is 0.319 e. The number of benzene rings is 2. The summed E-state index contributed by atoms with van der Waals surface area (Å²) in [4.78, 5) is 12.3. The molecule has 1 heterocycles. The molecule has 2 amide bonds. The molecule has 1 aliphatic carbocycles. The van der Waals surface area contributed by atoms with Gasteiger partial charge in [-0.15, -0.1) is 0 Å². The summed E-state index contributed by atoms with van der Waals surface area (Å²) in [6, 6.07) is 16.0. The van der Waals surface area contributed by atoms with E-state index in [2.05, 4.69) is 45.1 Å². The lowest BCUT2D eigenvalue weighted by Crippen LogP contribution is -2.46. The molecule has 24 heavy (non-hydrogen) atoms. The number of carbonyl (C=O) groups is 1. The van der Waals surface area contributed by atoms with E-state index in [1.807, 2.05) is 24.3 Å². The summed E-state index contributed by atoms with van der Waals surface area (Å²) in [6.45, 7) is 0.663. The first-order chi connectivity index (χ1) is 11.8. The van der Waals surface area contributed by atoms with Gasteiger partial charge in [0.15, 0.2) is 0 Å². The molecule has 0 unspecified atom stereocenters. The number of hydrogen-bond acceptors (Lipinski definition) is 2. The van der Waals surface area contributed by atoms with E-state index in [1.54, 1.807) is 6.20 Å². The topological polar surface area (TPSA) is 69.8 Å². The molecule has 0 spiro atoms. The summed E-state index contributed by atoms with van der Waals surface area (Å²) in [7, 11) is 0. The van der Waals surface area contributed by atoms with Crippen molar-refractivity contribution in [2.45, 2.75) is 24.7 Å². The van der Waals surface area contributed by atoms with Gasteiger partial charge in [0, 0.05) is 23.0 Å². The first-order valence-electron chi connectivity index (χ1n) is 8.29. The van der Waals surface area contributed by atoms with Crippen LogP contribution >= 0.6 is 0 Å². The predicted molar refractivity (Wildman–Crippen MR) is 95.1 cm³/mol. The quantitative estimate of drug-likeness (QED) is 0.684. The van der Waals surface area contributed by atoms with Gasteiger partial charge in [-0.05, 0) is 36.6 Å². The van der Waals surface area contributed by atoms with Gasteiger partial charge in [0.1, 0.15) is 0 Å². The number of amides is 2. The van der Waals surface area contributed by atoms with E-state index < -0.39 is 0 Å². The molecule has 3 aromatic rings. The van der Waals surface area contributed by atoms with Gasteiger partial charge >= 0.3 is 6.03 Å². The second kappa shape index (κ2) is 6.00. The third-order valence-corrected chi connectivity index (χ3v) is 4.98. The van der Waals surface area contributed by atoms with Crippen molar-refractivity contribution in [2.75, 3.05) is 11.9 Å². The minimum Gasteiger partial charge on any atom is -0.337 e. The summed E-state index contributed by atoms with van der Waals surface area (Å²) in [5.41, 5.74) is 3.13. The smallest absolute Gasteiger partial charge is 0.319 e. The first kappa shape index (κ1) is 14.8. The average molecular weight is 320 g/mol. The molecule has 1 aromatic heterocycles. The summed E-state index contributed by atoms with van der Waals surface area (Å²) >= 11 is 0. The van der Waals surface area contributed by atoms with Crippen molar-refractivity contribution in [1.29, 1.82) is 0 Å². The average Bonchev–Trinajstić information content (AvgIpc) is 3.02. The number of aromatic nitrogens is 2. The fourth-order valence-electron chi connectivity index (χ4n) is 3.41. The number of hydrogen-bond donors (Lipinski definition) is 3. The zero-order chi connectivity index (χ0) is 16.4. The Labute approximate surface area is 140 Å². The molecule has 0 aliphatic heterocycles. The standard InChI is InChI=1S/C19H20N4O/c24-18(22-16-7-8-17-14(11-16)12-21-23-17)20-13-19(9-4-10-19)15-5-2-1-3-6-15/h1-3,5-8,11-12H,4,9-10,13H2,(H,21,23)(H2,20,22,24). The van der Waals surface area contributed by atoms with Gasteiger partial charge in [0.25, 0.3) is 0 Å². The van der Waals surface area contributed by atoms with E-state index >= 15 is 0 Å². The van der Waals surface area contributed by atoms with Gasteiger partial charge < -0.3 is 10.6 Å². The highest BCUT2D eigenvalue weighted by Gasteiger charge is 2.38. The number of rotatable bonds is 4. The Bertz CT molecular complexity index is 852. The minimum atomic E-state index is -0.167. The number of aromatic amines is 1. The molecule has 0 atom stereocenters. The molecule has 2 aromatic carbocycles. The second-order valence-corrected chi connectivity index (χ2v) is 6.48. The lowest BCUT2D eigenvalue weighted by Gasteiger charge is -2.42. The maximum absolute atomic E-state index is 12.3. The Kier molecular flexibility index (Phi) is 3.69. The van der Waals surface area contributed by atoms with Crippen molar-refractivity contribution >= 4 is 22.6 Å². The minimum absolute atomic E-state index is 0.0904. The number of carbonyl (C=O) groups excluding carboxylic acids is 1. The number of anilines is 1. The van der Waals surface area contributed by atoms with Gasteiger partial charge in [-0.3, -0.25) is 5.10 Å². The van der Waals surface area contributed by atoms with Crippen molar-refractivity contribution in [3.63, 3.8) is 0 Å². The molecule has 1 saturated carbocycles. The molecule has 3 N–H and O–H groups in total. The van der Waals surface area contributed by atoms with Crippen molar-refractivity contribution in [3.8, 4) is 0 Å². The van der Waals surface area contributed by atoms with Crippen LogP contribution in [0.1, 0.15) is 24.8 Å². The molecule has 5 nitrogen and oxygen atoms in total.